The molecule has 0 atom stereocenters. The quantitative estimate of drug-likeness (QED) is 0.402. The van der Waals surface area contributed by atoms with Gasteiger partial charge in [-0.25, -0.2) is 5.43 Å². The molecule has 4 nitrogen and oxygen atoms in total. The highest BCUT2D eigenvalue weighted by Crippen LogP contribution is 2.29. The monoisotopic (exact) mass is 380 g/mol. The van der Waals surface area contributed by atoms with Crippen LogP contribution in [0.4, 0.5) is 0 Å². The first-order valence-electron chi connectivity index (χ1n) is 9.34. The van der Waals surface area contributed by atoms with E-state index in [4.69, 9.17) is 0 Å². The smallest absolute Gasteiger partial charge is 0.281 e. The van der Waals surface area contributed by atoms with E-state index in [-0.39, 0.29) is 0 Å². The molecule has 4 heteroatoms. The molecule has 0 aliphatic rings. The lowest BCUT2D eigenvalue weighted by Crippen LogP contribution is -2.43. The predicted octanol–water partition coefficient (Wildman–Crippen LogP) is 4.23. The van der Waals surface area contributed by atoms with Gasteiger partial charge in [0.25, 0.3) is 5.91 Å². The number of aliphatic hydroxyl groups is 1. The van der Waals surface area contributed by atoms with E-state index < -0.39 is 11.5 Å². The van der Waals surface area contributed by atoms with Crippen molar-refractivity contribution in [3.8, 4) is 0 Å². The lowest BCUT2D eigenvalue weighted by atomic mass is 9.85. The van der Waals surface area contributed by atoms with Crippen LogP contribution in [0.15, 0.2) is 108 Å². The molecule has 29 heavy (non-hydrogen) atoms. The van der Waals surface area contributed by atoms with Gasteiger partial charge in [0.1, 0.15) is 0 Å². The van der Waals surface area contributed by atoms with Crippen LogP contribution in [0.1, 0.15) is 16.7 Å². The van der Waals surface area contributed by atoms with Gasteiger partial charge in [-0.15, -0.1) is 0 Å². The first-order chi connectivity index (χ1) is 14.2. The first-order valence-corrected chi connectivity index (χ1v) is 9.34. The van der Waals surface area contributed by atoms with Gasteiger partial charge in [0.15, 0.2) is 5.60 Å². The second kappa shape index (κ2) is 8.09. The van der Waals surface area contributed by atoms with Gasteiger partial charge < -0.3 is 5.11 Å². The summed E-state index contributed by atoms with van der Waals surface area (Å²) in [5.41, 5.74) is 2.50. The zero-order valence-corrected chi connectivity index (χ0v) is 15.7. The maximum Gasteiger partial charge on any atom is 0.281 e. The molecule has 0 heterocycles. The Labute approximate surface area is 169 Å². The summed E-state index contributed by atoms with van der Waals surface area (Å²) in [6.45, 7) is 0. The van der Waals surface area contributed by atoms with Crippen molar-refractivity contribution in [1.82, 2.24) is 5.43 Å². The molecular weight excluding hydrogens is 360 g/mol. The number of benzene rings is 4. The topological polar surface area (TPSA) is 61.7 Å². The summed E-state index contributed by atoms with van der Waals surface area (Å²) in [5.74, 6) is -0.619. The van der Waals surface area contributed by atoms with E-state index in [1.165, 1.54) is 0 Å². The summed E-state index contributed by atoms with van der Waals surface area (Å²) in [7, 11) is 0. The van der Waals surface area contributed by atoms with E-state index in [1.807, 2.05) is 54.6 Å². The summed E-state index contributed by atoms with van der Waals surface area (Å²) in [6.07, 6.45) is 1.59. The summed E-state index contributed by atoms with van der Waals surface area (Å²) in [5, 5.41) is 17.7. The Morgan fingerprint density at radius 1 is 0.759 bits per heavy atom. The van der Waals surface area contributed by atoms with Crippen molar-refractivity contribution in [2.24, 2.45) is 5.10 Å². The van der Waals surface area contributed by atoms with E-state index in [2.05, 4.69) is 10.5 Å². The van der Waals surface area contributed by atoms with Crippen LogP contribution in [0.2, 0.25) is 0 Å². The van der Waals surface area contributed by atoms with E-state index in [0.29, 0.717) is 11.1 Å². The van der Waals surface area contributed by atoms with Gasteiger partial charge >= 0.3 is 0 Å². The number of hydrogen-bond acceptors (Lipinski definition) is 3. The fourth-order valence-corrected chi connectivity index (χ4v) is 3.39. The number of hydrogen-bond donors (Lipinski definition) is 2. The Morgan fingerprint density at radius 2 is 1.31 bits per heavy atom. The van der Waals surface area contributed by atoms with E-state index >= 15 is 0 Å². The van der Waals surface area contributed by atoms with Crippen LogP contribution in [0.5, 0.6) is 0 Å². The normalized spacial score (nSPS) is 11.6. The van der Waals surface area contributed by atoms with Crippen LogP contribution in [0.25, 0.3) is 10.8 Å². The molecule has 0 unspecified atom stereocenters. The van der Waals surface area contributed by atoms with Crippen molar-refractivity contribution in [3.63, 3.8) is 0 Å². The van der Waals surface area contributed by atoms with Crippen LogP contribution >= 0.6 is 0 Å². The number of carbonyl (C=O) groups excluding carboxylic acids is 1. The summed E-state index contributed by atoms with van der Waals surface area (Å²) < 4.78 is 0. The number of rotatable bonds is 5. The van der Waals surface area contributed by atoms with Gasteiger partial charge in [0.2, 0.25) is 0 Å². The van der Waals surface area contributed by atoms with Crippen LogP contribution in [-0.4, -0.2) is 17.2 Å². The fourth-order valence-electron chi connectivity index (χ4n) is 3.39. The molecule has 0 radical (unpaired) electrons. The van der Waals surface area contributed by atoms with E-state index in [9.17, 15) is 9.90 Å². The van der Waals surface area contributed by atoms with Crippen LogP contribution in [-0.2, 0) is 10.4 Å². The lowest BCUT2D eigenvalue weighted by Gasteiger charge is -2.27. The zero-order chi connectivity index (χ0) is 20.1. The number of nitrogens with one attached hydrogen (secondary N) is 1. The van der Waals surface area contributed by atoms with Gasteiger partial charge in [-0.3, -0.25) is 4.79 Å². The van der Waals surface area contributed by atoms with Gasteiger partial charge in [0, 0.05) is 5.56 Å². The molecule has 0 spiro atoms. The molecule has 0 fully saturated rings. The second-order valence-electron chi connectivity index (χ2n) is 6.71. The van der Waals surface area contributed by atoms with Crippen LogP contribution in [0, 0.1) is 0 Å². The molecule has 0 saturated carbocycles. The number of fused-ring (bicyclic) bond motifs is 1. The molecule has 0 aliphatic carbocycles. The van der Waals surface area contributed by atoms with Crippen molar-refractivity contribution >= 4 is 22.9 Å². The molecule has 4 aromatic rings. The molecule has 0 aromatic heterocycles. The highest BCUT2D eigenvalue weighted by molar-refractivity contribution is 6.00. The van der Waals surface area contributed by atoms with Gasteiger partial charge in [-0.1, -0.05) is 103 Å². The minimum atomic E-state index is -1.85. The van der Waals surface area contributed by atoms with Crippen molar-refractivity contribution in [2.75, 3.05) is 0 Å². The molecular formula is C25H20N2O2. The molecule has 2 N–H and O–H groups in total. The highest BCUT2D eigenvalue weighted by atomic mass is 16.3. The molecule has 0 saturated heterocycles. The third-order valence-electron chi connectivity index (χ3n) is 4.90. The van der Waals surface area contributed by atoms with Crippen molar-refractivity contribution in [3.05, 3.63) is 120 Å². The SMILES string of the molecule is O=C(NN=Cc1cccc2ccccc12)C(O)(c1ccccc1)c1ccccc1. The maximum absolute atomic E-state index is 13.0. The molecule has 1 amide bonds. The van der Waals surface area contributed by atoms with Gasteiger partial charge in [0.05, 0.1) is 6.21 Å². The summed E-state index contributed by atoms with van der Waals surface area (Å²) in [6, 6.07) is 31.6. The third kappa shape index (κ3) is 3.66. The average molecular weight is 380 g/mol. The average Bonchev–Trinajstić information content (AvgIpc) is 2.79. The van der Waals surface area contributed by atoms with Crippen LogP contribution < -0.4 is 5.43 Å². The van der Waals surface area contributed by atoms with Crippen molar-refractivity contribution < 1.29 is 9.90 Å². The first kappa shape index (κ1) is 18.6. The Hall–Kier alpha value is -3.76. The number of carbonyl (C=O) groups is 1. The molecule has 0 bridgehead atoms. The predicted molar refractivity (Wildman–Crippen MR) is 116 cm³/mol. The highest BCUT2D eigenvalue weighted by Gasteiger charge is 2.39. The molecule has 4 aromatic carbocycles. The number of amides is 1. The van der Waals surface area contributed by atoms with Crippen LogP contribution in [0.3, 0.4) is 0 Å². The van der Waals surface area contributed by atoms with Gasteiger partial charge in [-0.2, -0.15) is 5.10 Å². The second-order valence-corrected chi connectivity index (χ2v) is 6.71. The fraction of sp³-hybridized carbons (Fsp3) is 0.0400. The van der Waals surface area contributed by atoms with E-state index in [0.717, 1.165) is 16.3 Å². The zero-order valence-electron chi connectivity index (χ0n) is 15.7. The van der Waals surface area contributed by atoms with Crippen molar-refractivity contribution in [2.45, 2.75) is 5.60 Å². The summed E-state index contributed by atoms with van der Waals surface area (Å²) >= 11 is 0. The lowest BCUT2D eigenvalue weighted by molar-refractivity contribution is -0.136. The van der Waals surface area contributed by atoms with E-state index in [1.54, 1.807) is 54.7 Å². The minimum Gasteiger partial charge on any atom is -0.372 e. The maximum atomic E-state index is 13.0. The minimum absolute atomic E-state index is 0.476. The molecule has 142 valence electrons. The summed E-state index contributed by atoms with van der Waals surface area (Å²) in [4.78, 5) is 13.0. The van der Waals surface area contributed by atoms with Crippen molar-refractivity contribution in [1.29, 1.82) is 0 Å². The molecule has 4 rings (SSSR count). The molecule has 0 aliphatic heterocycles. The Bertz CT molecular complexity index is 1110. The Kier molecular flexibility index (Phi) is 5.18. The third-order valence-corrected chi connectivity index (χ3v) is 4.90. The Morgan fingerprint density at radius 3 is 1.97 bits per heavy atom. The number of nitrogens with zero attached hydrogens (tertiary/aromatic N) is 1. The van der Waals surface area contributed by atoms with Gasteiger partial charge in [-0.05, 0) is 21.9 Å². The Balaban J connectivity index is 1.65. The standard InChI is InChI=1S/C25H20N2O2/c28-24(27-26-18-20-12-9-11-19-10-7-8-17-23(19)20)25(29,21-13-3-1-4-14-21)22-15-5-2-6-16-22/h1-18,29H,(H,27,28). The largest absolute Gasteiger partial charge is 0.372 e. The number of hydrazone groups is 1.